The molecule has 0 saturated heterocycles. The molecule has 0 bridgehead atoms. The Balaban J connectivity index is 1.40. The van der Waals surface area contributed by atoms with Crippen molar-refractivity contribution in [1.82, 2.24) is 19.9 Å². The summed E-state index contributed by atoms with van der Waals surface area (Å²) in [6.45, 7) is 0. The van der Waals surface area contributed by atoms with Crippen molar-refractivity contribution in [3.05, 3.63) is 90.4 Å². The summed E-state index contributed by atoms with van der Waals surface area (Å²) >= 11 is 0. The van der Waals surface area contributed by atoms with E-state index in [0.717, 1.165) is 18.3 Å². The summed E-state index contributed by atoms with van der Waals surface area (Å²) in [4.78, 5) is 16.0. The molecule has 0 aliphatic carbocycles. The summed E-state index contributed by atoms with van der Waals surface area (Å²) in [6, 6.07) is 11.4. The number of alkyl halides is 3. The lowest BCUT2D eigenvalue weighted by molar-refractivity contribution is -0.137. The van der Waals surface area contributed by atoms with Crippen molar-refractivity contribution in [2.75, 3.05) is 10.7 Å². The van der Waals surface area contributed by atoms with Crippen LogP contribution in [0.1, 0.15) is 11.3 Å². The van der Waals surface area contributed by atoms with E-state index in [4.69, 9.17) is 0 Å². The van der Waals surface area contributed by atoms with Crippen LogP contribution in [0.15, 0.2) is 78.4 Å². The Labute approximate surface area is 185 Å². The zero-order valence-corrected chi connectivity index (χ0v) is 16.8. The number of halogens is 4. The fraction of sp³-hybridized carbons (Fsp3) is 0.0455. The van der Waals surface area contributed by atoms with Gasteiger partial charge in [0.25, 0.3) is 0 Å². The Morgan fingerprint density at radius 3 is 2.45 bits per heavy atom. The van der Waals surface area contributed by atoms with Gasteiger partial charge in [0, 0.05) is 23.6 Å². The van der Waals surface area contributed by atoms with Crippen LogP contribution in [0.25, 0.3) is 11.3 Å². The van der Waals surface area contributed by atoms with E-state index >= 15 is 0 Å². The molecule has 0 fully saturated rings. The van der Waals surface area contributed by atoms with Gasteiger partial charge in [-0.25, -0.2) is 19.8 Å². The van der Waals surface area contributed by atoms with Crippen LogP contribution in [0.5, 0.6) is 0 Å². The van der Waals surface area contributed by atoms with Gasteiger partial charge in [-0.3, -0.25) is 9.97 Å². The molecule has 0 spiro atoms. The van der Waals surface area contributed by atoms with E-state index in [-0.39, 0.29) is 17.3 Å². The van der Waals surface area contributed by atoms with Crippen LogP contribution in [0.2, 0.25) is 0 Å². The van der Waals surface area contributed by atoms with Gasteiger partial charge < -0.3 is 5.32 Å². The summed E-state index contributed by atoms with van der Waals surface area (Å²) in [5.74, 6) is -0.497. The van der Waals surface area contributed by atoms with Gasteiger partial charge in [-0.2, -0.15) is 18.3 Å². The van der Waals surface area contributed by atoms with Gasteiger partial charge >= 0.3 is 6.18 Å². The molecule has 0 aliphatic rings. The molecular formula is C22H15F4N7. The Morgan fingerprint density at radius 2 is 1.73 bits per heavy atom. The molecule has 0 atom stereocenters. The van der Waals surface area contributed by atoms with Crippen molar-refractivity contribution in [2.24, 2.45) is 5.10 Å². The van der Waals surface area contributed by atoms with Crippen molar-refractivity contribution in [2.45, 2.75) is 6.18 Å². The normalized spacial score (nSPS) is 11.5. The fourth-order valence-corrected chi connectivity index (χ4v) is 2.78. The molecule has 3 heterocycles. The number of nitrogens with one attached hydrogen (secondary N) is 2. The number of hydrogen-bond donors (Lipinski definition) is 2. The molecule has 11 heteroatoms. The van der Waals surface area contributed by atoms with Crippen molar-refractivity contribution in [3.63, 3.8) is 0 Å². The molecule has 0 unspecified atom stereocenters. The molecule has 0 amide bonds. The third-order valence-electron chi connectivity index (χ3n) is 4.32. The number of pyridine rings is 2. The van der Waals surface area contributed by atoms with Gasteiger partial charge in [0.2, 0.25) is 5.95 Å². The van der Waals surface area contributed by atoms with Crippen LogP contribution in [0.3, 0.4) is 0 Å². The first kappa shape index (κ1) is 21.8. The minimum absolute atomic E-state index is 0.0855. The first-order valence-electron chi connectivity index (χ1n) is 9.51. The standard InChI is InChI=1S/C22H15F4N7/c23-19-13-29-21(32-20(19)14-6-8-27-9-7-14)33-30-12-17-4-5-18(11-28-17)31-16-3-1-2-15(10-16)22(24,25)26/h1-13,31H,(H,29,32,33)/b30-12+. The van der Waals surface area contributed by atoms with Crippen LogP contribution in [0, 0.1) is 5.82 Å². The Bertz CT molecular complexity index is 1260. The summed E-state index contributed by atoms with van der Waals surface area (Å²) in [5.41, 5.74) is 3.77. The number of rotatable bonds is 6. The van der Waals surface area contributed by atoms with Crippen LogP contribution in [-0.4, -0.2) is 26.2 Å². The Kier molecular flexibility index (Phi) is 6.20. The monoisotopic (exact) mass is 453 g/mol. The molecule has 3 aromatic heterocycles. The third-order valence-corrected chi connectivity index (χ3v) is 4.32. The Hall–Kier alpha value is -4.41. The quantitative estimate of drug-likeness (QED) is 0.235. The zero-order chi connectivity index (χ0) is 23.3. The second-order valence-corrected chi connectivity index (χ2v) is 6.67. The maximum atomic E-state index is 14.0. The summed E-state index contributed by atoms with van der Waals surface area (Å²) < 4.78 is 52.5. The summed E-state index contributed by atoms with van der Waals surface area (Å²) in [5, 5.41) is 6.86. The van der Waals surface area contributed by atoms with Crippen LogP contribution < -0.4 is 10.7 Å². The van der Waals surface area contributed by atoms with Crippen molar-refractivity contribution in [3.8, 4) is 11.3 Å². The second-order valence-electron chi connectivity index (χ2n) is 6.67. The lowest BCUT2D eigenvalue weighted by Crippen LogP contribution is -2.05. The van der Waals surface area contributed by atoms with Gasteiger partial charge in [0.15, 0.2) is 5.82 Å². The number of hydrogen-bond acceptors (Lipinski definition) is 7. The Morgan fingerprint density at radius 1 is 0.909 bits per heavy atom. The maximum absolute atomic E-state index is 14.0. The number of benzene rings is 1. The smallest absolute Gasteiger partial charge is 0.354 e. The average molecular weight is 453 g/mol. The molecule has 4 rings (SSSR count). The SMILES string of the molecule is Fc1cnc(N/N=C/c2ccc(Nc3cccc(C(F)(F)F)c3)cn2)nc1-c1ccncc1. The highest BCUT2D eigenvalue weighted by molar-refractivity contribution is 5.78. The largest absolute Gasteiger partial charge is 0.416 e. The molecule has 1 aromatic carbocycles. The summed E-state index contributed by atoms with van der Waals surface area (Å²) in [7, 11) is 0. The minimum atomic E-state index is -4.42. The van der Waals surface area contributed by atoms with Crippen LogP contribution in [0.4, 0.5) is 34.9 Å². The molecule has 166 valence electrons. The van der Waals surface area contributed by atoms with E-state index in [1.54, 1.807) is 24.3 Å². The first-order valence-corrected chi connectivity index (χ1v) is 9.51. The van der Waals surface area contributed by atoms with E-state index in [1.807, 2.05) is 0 Å². The number of aromatic nitrogens is 4. The lowest BCUT2D eigenvalue weighted by atomic mass is 10.2. The molecule has 7 nitrogen and oxygen atoms in total. The van der Waals surface area contributed by atoms with E-state index in [2.05, 4.69) is 35.8 Å². The first-order chi connectivity index (χ1) is 15.9. The van der Waals surface area contributed by atoms with Crippen LogP contribution >= 0.6 is 0 Å². The van der Waals surface area contributed by atoms with Crippen molar-refractivity contribution >= 4 is 23.5 Å². The van der Waals surface area contributed by atoms with E-state index in [0.29, 0.717) is 16.9 Å². The van der Waals surface area contributed by atoms with Crippen molar-refractivity contribution < 1.29 is 17.6 Å². The number of anilines is 3. The third kappa shape index (κ3) is 5.64. The number of nitrogens with zero attached hydrogens (tertiary/aromatic N) is 5. The van der Waals surface area contributed by atoms with E-state index in [9.17, 15) is 17.6 Å². The van der Waals surface area contributed by atoms with Gasteiger partial charge in [-0.15, -0.1) is 0 Å². The average Bonchev–Trinajstić information content (AvgIpc) is 2.81. The van der Waals surface area contributed by atoms with E-state index in [1.165, 1.54) is 36.9 Å². The second kappa shape index (κ2) is 9.39. The summed E-state index contributed by atoms with van der Waals surface area (Å²) in [6.07, 6.45) is 2.52. The van der Waals surface area contributed by atoms with Gasteiger partial charge in [-0.05, 0) is 42.5 Å². The lowest BCUT2D eigenvalue weighted by Gasteiger charge is -2.10. The minimum Gasteiger partial charge on any atom is -0.354 e. The highest BCUT2D eigenvalue weighted by Crippen LogP contribution is 2.31. The molecule has 4 aromatic rings. The molecule has 0 aliphatic heterocycles. The molecule has 33 heavy (non-hydrogen) atoms. The highest BCUT2D eigenvalue weighted by atomic mass is 19.4. The molecule has 0 saturated carbocycles. The van der Waals surface area contributed by atoms with Gasteiger partial charge in [0.1, 0.15) is 5.69 Å². The molecule has 2 N–H and O–H groups in total. The molecule has 0 radical (unpaired) electrons. The molecular weight excluding hydrogens is 438 g/mol. The van der Waals surface area contributed by atoms with Crippen molar-refractivity contribution in [1.29, 1.82) is 0 Å². The fourth-order valence-electron chi connectivity index (χ4n) is 2.78. The number of hydrazone groups is 1. The zero-order valence-electron chi connectivity index (χ0n) is 16.8. The maximum Gasteiger partial charge on any atom is 0.416 e. The van der Waals surface area contributed by atoms with E-state index < -0.39 is 17.6 Å². The predicted octanol–water partition coefficient (Wildman–Crippen LogP) is 5.28. The van der Waals surface area contributed by atoms with Gasteiger partial charge in [0.05, 0.1) is 35.6 Å². The van der Waals surface area contributed by atoms with Crippen LogP contribution in [-0.2, 0) is 6.18 Å². The topological polar surface area (TPSA) is 88.0 Å². The van der Waals surface area contributed by atoms with Gasteiger partial charge in [-0.1, -0.05) is 6.07 Å². The highest BCUT2D eigenvalue weighted by Gasteiger charge is 2.30. The predicted molar refractivity (Wildman–Crippen MR) is 115 cm³/mol.